The summed E-state index contributed by atoms with van der Waals surface area (Å²) in [5.41, 5.74) is 0. The van der Waals surface area contributed by atoms with E-state index in [1.165, 1.54) is 0 Å². The van der Waals surface area contributed by atoms with E-state index in [2.05, 4.69) is 15.1 Å². The van der Waals surface area contributed by atoms with Gasteiger partial charge in [-0.05, 0) is 24.3 Å². The number of piperidine rings is 1. The molecule has 7 nitrogen and oxygen atoms in total. The number of nitrogens with one attached hydrogen (secondary N) is 1. The van der Waals surface area contributed by atoms with Crippen molar-refractivity contribution in [2.75, 3.05) is 59.0 Å². The maximum atomic E-state index is 6.16. The number of rotatable bonds is 8. The molecule has 2 aromatic rings. The lowest BCUT2D eigenvalue weighted by molar-refractivity contribution is 0.0394. The van der Waals surface area contributed by atoms with Gasteiger partial charge in [-0.3, -0.25) is 9.89 Å². The van der Waals surface area contributed by atoms with Crippen molar-refractivity contribution in [3.8, 4) is 5.75 Å². The van der Waals surface area contributed by atoms with Crippen LogP contribution in [0.2, 0.25) is 0 Å². The monoisotopic (exact) mass is 426 g/mol. The maximum absolute atomic E-state index is 6.16. The highest BCUT2D eigenvalue weighted by Gasteiger charge is 2.23. The van der Waals surface area contributed by atoms with Crippen LogP contribution in [0.4, 0.5) is 0 Å². The van der Waals surface area contributed by atoms with Gasteiger partial charge in [-0.15, -0.1) is 0 Å². The fraction of sp³-hybridized carbons (Fsp3) is 0.542. The van der Waals surface area contributed by atoms with Gasteiger partial charge >= 0.3 is 0 Å². The first-order valence-electron chi connectivity index (χ1n) is 11.4. The molecule has 0 unspecified atom stereocenters. The molecular formula is C24H34N4O3. The third kappa shape index (κ3) is 7.01. The first kappa shape index (κ1) is 21.7. The van der Waals surface area contributed by atoms with Crippen LogP contribution in [0.5, 0.6) is 5.75 Å². The predicted molar refractivity (Wildman–Crippen MR) is 122 cm³/mol. The zero-order valence-electron chi connectivity index (χ0n) is 18.2. The number of aliphatic imine (C=N–C) groups is 1. The molecule has 0 spiro atoms. The van der Waals surface area contributed by atoms with E-state index >= 15 is 0 Å². The zero-order chi connectivity index (χ0) is 21.1. The molecule has 0 bridgehead atoms. The van der Waals surface area contributed by atoms with Gasteiger partial charge in [-0.25, -0.2) is 0 Å². The number of morpholine rings is 1. The molecule has 1 aromatic carbocycles. The Morgan fingerprint density at radius 3 is 2.58 bits per heavy atom. The first-order chi connectivity index (χ1) is 15.4. The fourth-order valence-corrected chi connectivity index (χ4v) is 4.02. The molecule has 2 aliphatic heterocycles. The highest BCUT2D eigenvalue weighted by molar-refractivity contribution is 5.80. The quantitative estimate of drug-likeness (QED) is 0.517. The van der Waals surface area contributed by atoms with Crippen molar-refractivity contribution < 1.29 is 13.9 Å². The number of ether oxygens (including phenoxy) is 2. The Kier molecular flexibility index (Phi) is 8.24. The van der Waals surface area contributed by atoms with Gasteiger partial charge in [0.25, 0.3) is 0 Å². The van der Waals surface area contributed by atoms with Crippen molar-refractivity contribution in [3.05, 3.63) is 54.5 Å². The lowest BCUT2D eigenvalue weighted by Gasteiger charge is -2.34. The molecule has 0 aliphatic carbocycles. The molecule has 0 saturated carbocycles. The maximum Gasteiger partial charge on any atom is 0.193 e. The number of para-hydroxylation sites is 1. The number of benzene rings is 1. The summed E-state index contributed by atoms with van der Waals surface area (Å²) in [4.78, 5) is 9.74. The first-order valence-corrected chi connectivity index (χ1v) is 11.4. The van der Waals surface area contributed by atoms with Gasteiger partial charge in [0.1, 0.15) is 17.6 Å². The van der Waals surface area contributed by atoms with E-state index in [0.717, 1.165) is 95.8 Å². The highest BCUT2D eigenvalue weighted by atomic mass is 16.5. The van der Waals surface area contributed by atoms with Gasteiger partial charge < -0.3 is 24.1 Å². The van der Waals surface area contributed by atoms with Crippen LogP contribution in [0, 0.1) is 0 Å². The number of likely N-dealkylation sites (tertiary alicyclic amines) is 1. The smallest absolute Gasteiger partial charge is 0.193 e. The summed E-state index contributed by atoms with van der Waals surface area (Å²) in [6.07, 6.45) is 4.83. The van der Waals surface area contributed by atoms with Crippen LogP contribution < -0.4 is 10.1 Å². The van der Waals surface area contributed by atoms with Crippen LogP contribution >= 0.6 is 0 Å². The van der Waals surface area contributed by atoms with Crippen molar-refractivity contribution in [1.29, 1.82) is 0 Å². The topological polar surface area (TPSA) is 62.5 Å². The molecule has 2 saturated heterocycles. The molecule has 0 atom stereocenters. The second-order valence-corrected chi connectivity index (χ2v) is 8.03. The van der Waals surface area contributed by atoms with Crippen LogP contribution in [0.1, 0.15) is 18.6 Å². The molecule has 1 aromatic heterocycles. The Bertz CT molecular complexity index is 767. The molecule has 4 rings (SSSR count). The van der Waals surface area contributed by atoms with Gasteiger partial charge in [-0.1, -0.05) is 18.2 Å². The molecule has 3 heterocycles. The number of hydrogen-bond donors (Lipinski definition) is 1. The lowest BCUT2D eigenvalue weighted by atomic mass is 10.1. The highest BCUT2D eigenvalue weighted by Crippen LogP contribution is 2.18. The van der Waals surface area contributed by atoms with E-state index < -0.39 is 0 Å². The molecule has 0 radical (unpaired) electrons. The zero-order valence-corrected chi connectivity index (χ0v) is 18.2. The summed E-state index contributed by atoms with van der Waals surface area (Å²) in [7, 11) is 0. The van der Waals surface area contributed by atoms with E-state index in [0.29, 0.717) is 0 Å². The molecule has 0 amide bonds. The number of furan rings is 1. The minimum atomic E-state index is 0.261. The standard InChI is InChI=1S/C24H34N4O3/c1-2-5-22(6-3-1)31-23-9-13-28(14-10-23)24(25-11-8-21-7-4-18-30-21)26-12-15-27-16-19-29-20-17-27/h1-7,18,23H,8-17,19-20H2,(H,25,26). The number of nitrogens with zero attached hydrogens (tertiary/aromatic N) is 3. The summed E-state index contributed by atoms with van der Waals surface area (Å²) < 4.78 is 17.1. The third-order valence-electron chi connectivity index (χ3n) is 5.80. The van der Waals surface area contributed by atoms with E-state index in [1.807, 2.05) is 42.5 Å². The van der Waals surface area contributed by atoms with Crippen LogP contribution in [0.3, 0.4) is 0 Å². The molecule has 1 N–H and O–H groups in total. The molecule has 2 fully saturated rings. The van der Waals surface area contributed by atoms with Gasteiger partial charge in [0.15, 0.2) is 5.96 Å². The summed E-state index contributed by atoms with van der Waals surface area (Å²) in [5.74, 6) is 2.95. The van der Waals surface area contributed by atoms with Crippen molar-refractivity contribution >= 4 is 5.96 Å². The van der Waals surface area contributed by atoms with Gasteiger partial charge in [0, 0.05) is 58.5 Å². The van der Waals surface area contributed by atoms with Crippen molar-refractivity contribution in [1.82, 2.24) is 15.1 Å². The number of guanidine groups is 1. The Morgan fingerprint density at radius 2 is 1.84 bits per heavy atom. The van der Waals surface area contributed by atoms with Crippen LogP contribution in [0.25, 0.3) is 0 Å². The predicted octanol–water partition coefficient (Wildman–Crippen LogP) is 2.64. The van der Waals surface area contributed by atoms with Crippen LogP contribution in [-0.2, 0) is 11.2 Å². The average molecular weight is 427 g/mol. The minimum Gasteiger partial charge on any atom is -0.490 e. The minimum absolute atomic E-state index is 0.261. The van der Waals surface area contributed by atoms with E-state index in [1.54, 1.807) is 6.26 Å². The van der Waals surface area contributed by atoms with Crippen LogP contribution in [-0.4, -0.2) is 80.9 Å². The van der Waals surface area contributed by atoms with E-state index in [4.69, 9.17) is 18.9 Å². The van der Waals surface area contributed by atoms with Crippen molar-refractivity contribution in [3.63, 3.8) is 0 Å². The summed E-state index contributed by atoms with van der Waals surface area (Å²) in [6.45, 7) is 8.12. The van der Waals surface area contributed by atoms with Gasteiger partial charge in [-0.2, -0.15) is 0 Å². The normalized spacial score (nSPS) is 18.8. The average Bonchev–Trinajstić information content (AvgIpc) is 3.34. The second kappa shape index (κ2) is 11.8. The molecular weight excluding hydrogens is 392 g/mol. The lowest BCUT2D eigenvalue weighted by Crippen LogP contribution is -2.48. The SMILES string of the molecule is c1ccc(OC2CCN(C(=NCCN3CCOCC3)NCCc3ccco3)CC2)cc1. The van der Waals surface area contributed by atoms with E-state index in [9.17, 15) is 0 Å². The molecule has 7 heteroatoms. The van der Waals surface area contributed by atoms with Crippen LogP contribution in [0.15, 0.2) is 58.1 Å². The third-order valence-corrected chi connectivity index (χ3v) is 5.80. The van der Waals surface area contributed by atoms with Gasteiger partial charge in [0.2, 0.25) is 0 Å². The second-order valence-electron chi connectivity index (χ2n) is 8.03. The molecule has 168 valence electrons. The van der Waals surface area contributed by atoms with E-state index in [-0.39, 0.29) is 6.10 Å². The Hall–Kier alpha value is -2.51. The Balaban J connectivity index is 1.28. The van der Waals surface area contributed by atoms with Crippen molar-refractivity contribution in [2.24, 2.45) is 4.99 Å². The Morgan fingerprint density at radius 1 is 1.03 bits per heavy atom. The summed E-state index contributed by atoms with van der Waals surface area (Å²) in [5, 5.41) is 3.56. The summed E-state index contributed by atoms with van der Waals surface area (Å²) >= 11 is 0. The fourth-order valence-electron chi connectivity index (χ4n) is 4.02. The van der Waals surface area contributed by atoms with Crippen molar-refractivity contribution in [2.45, 2.75) is 25.4 Å². The molecule has 2 aliphatic rings. The largest absolute Gasteiger partial charge is 0.490 e. The summed E-state index contributed by atoms with van der Waals surface area (Å²) in [6, 6.07) is 14.1. The number of hydrogen-bond acceptors (Lipinski definition) is 5. The Labute approximate surface area is 185 Å². The molecule has 31 heavy (non-hydrogen) atoms. The van der Waals surface area contributed by atoms with Gasteiger partial charge in [0.05, 0.1) is 26.0 Å².